The van der Waals surface area contributed by atoms with E-state index in [0.717, 1.165) is 38.3 Å². The highest BCUT2D eigenvalue weighted by Gasteiger charge is 2.19. The molecule has 0 aromatic heterocycles. The van der Waals surface area contributed by atoms with Crippen LogP contribution in [0.25, 0.3) is 0 Å². The zero-order valence-electron chi connectivity index (χ0n) is 11.2. The molecule has 20 heavy (non-hydrogen) atoms. The number of non-ortho nitro benzene ring substituents is 1. The number of hydrogen-bond acceptors (Lipinski definition) is 4. The fourth-order valence-electron chi connectivity index (χ4n) is 2.71. The van der Waals surface area contributed by atoms with Crippen molar-refractivity contribution in [3.05, 3.63) is 39.7 Å². The van der Waals surface area contributed by atoms with Crippen molar-refractivity contribution in [1.29, 1.82) is 0 Å². The summed E-state index contributed by atoms with van der Waals surface area (Å²) in [5.41, 5.74) is 0.336. The quantitative estimate of drug-likeness (QED) is 0.642. The third-order valence-corrected chi connectivity index (χ3v) is 3.67. The number of nitro groups is 1. The SMILES string of the molecule is O=[N+]([O-])c1cc(F)cc(CNCC2CCCC(O)C2)c1. The minimum Gasteiger partial charge on any atom is -0.393 e. The van der Waals surface area contributed by atoms with E-state index >= 15 is 0 Å². The molecule has 0 amide bonds. The molecule has 2 unspecified atom stereocenters. The molecule has 0 bridgehead atoms. The highest BCUT2D eigenvalue weighted by Crippen LogP contribution is 2.23. The lowest BCUT2D eigenvalue weighted by Crippen LogP contribution is -2.28. The van der Waals surface area contributed by atoms with Gasteiger partial charge in [-0.15, -0.1) is 0 Å². The fourth-order valence-corrected chi connectivity index (χ4v) is 2.71. The Bertz CT molecular complexity index is 481. The molecular weight excluding hydrogens is 263 g/mol. The molecule has 1 aromatic rings. The lowest BCUT2D eigenvalue weighted by Gasteiger charge is -2.26. The summed E-state index contributed by atoms with van der Waals surface area (Å²) >= 11 is 0. The van der Waals surface area contributed by atoms with E-state index in [-0.39, 0.29) is 11.8 Å². The van der Waals surface area contributed by atoms with Crippen LogP contribution in [0.4, 0.5) is 10.1 Å². The Kier molecular flexibility index (Phi) is 5.03. The van der Waals surface area contributed by atoms with E-state index in [2.05, 4.69) is 5.32 Å². The molecule has 1 aliphatic carbocycles. The number of rotatable bonds is 5. The third-order valence-electron chi connectivity index (χ3n) is 3.67. The Morgan fingerprint density at radius 3 is 2.90 bits per heavy atom. The van der Waals surface area contributed by atoms with Gasteiger partial charge in [-0.25, -0.2) is 4.39 Å². The summed E-state index contributed by atoms with van der Waals surface area (Å²) in [6, 6.07) is 3.60. The number of nitro benzene ring substituents is 1. The molecule has 110 valence electrons. The standard InChI is InChI=1S/C14H19FN2O3/c15-12-4-11(5-13(7-12)17(19)20)9-16-8-10-2-1-3-14(18)6-10/h4-5,7,10,14,16,18H,1-3,6,8-9H2. The largest absolute Gasteiger partial charge is 0.393 e. The Balaban J connectivity index is 1.86. The summed E-state index contributed by atoms with van der Waals surface area (Å²) in [7, 11) is 0. The summed E-state index contributed by atoms with van der Waals surface area (Å²) in [5, 5.41) is 23.4. The Labute approximate surface area is 117 Å². The van der Waals surface area contributed by atoms with E-state index in [1.807, 2.05) is 0 Å². The van der Waals surface area contributed by atoms with Crippen LogP contribution in [-0.2, 0) is 6.54 Å². The molecule has 0 aliphatic heterocycles. The van der Waals surface area contributed by atoms with Crippen molar-refractivity contribution in [2.45, 2.75) is 38.3 Å². The Hall–Kier alpha value is -1.53. The molecule has 0 saturated heterocycles. The zero-order valence-corrected chi connectivity index (χ0v) is 11.2. The molecule has 1 aliphatic rings. The number of nitrogens with zero attached hydrogens (tertiary/aromatic N) is 1. The summed E-state index contributed by atoms with van der Waals surface area (Å²) in [5.74, 6) is -0.175. The molecule has 2 atom stereocenters. The van der Waals surface area contributed by atoms with Crippen molar-refractivity contribution in [1.82, 2.24) is 5.32 Å². The molecule has 0 radical (unpaired) electrons. The monoisotopic (exact) mass is 282 g/mol. The third kappa shape index (κ3) is 4.25. The van der Waals surface area contributed by atoms with E-state index in [1.165, 1.54) is 12.1 Å². The highest BCUT2D eigenvalue weighted by atomic mass is 19.1. The van der Waals surface area contributed by atoms with E-state index in [9.17, 15) is 19.6 Å². The maximum atomic E-state index is 13.3. The molecule has 0 heterocycles. The zero-order chi connectivity index (χ0) is 14.5. The van der Waals surface area contributed by atoms with Gasteiger partial charge in [0.05, 0.1) is 17.1 Å². The fraction of sp³-hybridized carbons (Fsp3) is 0.571. The van der Waals surface area contributed by atoms with Crippen LogP contribution in [-0.4, -0.2) is 22.7 Å². The predicted molar refractivity (Wildman–Crippen MR) is 72.7 cm³/mol. The van der Waals surface area contributed by atoms with E-state index in [4.69, 9.17) is 0 Å². The molecule has 2 N–H and O–H groups in total. The van der Waals surface area contributed by atoms with Crippen molar-refractivity contribution >= 4 is 5.69 Å². The normalized spacial score (nSPS) is 22.7. The van der Waals surface area contributed by atoms with Gasteiger partial charge in [-0.05, 0) is 43.4 Å². The van der Waals surface area contributed by atoms with Crippen LogP contribution < -0.4 is 5.32 Å². The second kappa shape index (κ2) is 6.76. The van der Waals surface area contributed by atoms with Gasteiger partial charge in [-0.1, -0.05) is 6.42 Å². The predicted octanol–water partition coefficient (Wildman–Crippen LogP) is 2.37. The minimum absolute atomic E-state index is 0.217. The second-order valence-corrected chi connectivity index (χ2v) is 5.39. The minimum atomic E-state index is -0.593. The van der Waals surface area contributed by atoms with Crippen molar-refractivity contribution in [2.75, 3.05) is 6.54 Å². The van der Waals surface area contributed by atoms with Crippen LogP contribution in [0.5, 0.6) is 0 Å². The average molecular weight is 282 g/mol. The van der Waals surface area contributed by atoms with Gasteiger partial charge in [0.15, 0.2) is 0 Å². The van der Waals surface area contributed by atoms with Crippen molar-refractivity contribution in [2.24, 2.45) is 5.92 Å². The van der Waals surface area contributed by atoms with Crippen LogP contribution in [0, 0.1) is 21.8 Å². The van der Waals surface area contributed by atoms with Crippen LogP contribution in [0.1, 0.15) is 31.2 Å². The Morgan fingerprint density at radius 2 is 2.20 bits per heavy atom. The molecule has 0 spiro atoms. The van der Waals surface area contributed by atoms with Crippen molar-refractivity contribution in [3.63, 3.8) is 0 Å². The first-order chi connectivity index (χ1) is 9.54. The number of nitrogens with one attached hydrogen (secondary N) is 1. The summed E-state index contributed by atoms with van der Waals surface area (Å²) in [4.78, 5) is 10.1. The van der Waals surface area contributed by atoms with E-state index in [0.29, 0.717) is 18.0 Å². The van der Waals surface area contributed by atoms with E-state index in [1.54, 1.807) is 0 Å². The number of hydrogen-bond donors (Lipinski definition) is 2. The average Bonchev–Trinajstić information content (AvgIpc) is 2.38. The highest BCUT2D eigenvalue weighted by molar-refractivity contribution is 5.35. The molecule has 2 rings (SSSR count). The Morgan fingerprint density at radius 1 is 1.40 bits per heavy atom. The van der Waals surface area contributed by atoms with Gasteiger partial charge >= 0.3 is 0 Å². The van der Waals surface area contributed by atoms with Gasteiger partial charge in [0.1, 0.15) is 5.82 Å². The topological polar surface area (TPSA) is 75.4 Å². The summed E-state index contributed by atoms with van der Waals surface area (Å²) in [6.07, 6.45) is 3.54. The summed E-state index contributed by atoms with van der Waals surface area (Å²) < 4.78 is 13.3. The maximum Gasteiger partial charge on any atom is 0.272 e. The van der Waals surface area contributed by atoms with Gasteiger partial charge in [0.2, 0.25) is 0 Å². The van der Waals surface area contributed by atoms with Gasteiger partial charge in [0.25, 0.3) is 5.69 Å². The summed E-state index contributed by atoms with van der Waals surface area (Å²) in [6.45, 7) is 1.13. The number of aliphatic hydroxyl groups excluding tert-OH is 1. The number of halogens is 1. The van der Waals surface area contributed by atoms with Crippen molar-refractivity contribution < 1.29 is 14.4 Å². The lowest BCUT2D eigenvalue weighted by atomic mass is 9.87. The van der Waals surface area contributed by atoms with Gasteiger partial charge < -0.3 is 10.4 Å². The first-order valence-corrected chi connectivity index (χ1v) is 6.87. The van der Waals surface area contributed by atoms with Crippen LogP contribution in [0.2, 0.25) is 0 Å². The molecule has 6 heteroatoms. The molecule has 1 saturated carbocycles. The molecule has 5 nitrogen and oxygen atoms in total. The smallest absolute Gasteiger partial charge is 0.272 e. The maximum absolute atomic E-state index is 13.3. The van der Waals surface area contributed by atoms with Crippen LogP contribution >= 0.6 is 0 Å². The number of benzene rings is 1. The van der Waals surface area contributed by atoms with Crippen LogP contribution in [0.15, 0.2) is 18.2 Å². The van der Waals surface area contributed by atoms with Crippen LogP contribution in [0.3, 0.4) is 0 Å². The molecule has 1 aromatic carbocycles. The van der Waals surface area contributed by atoms with Gasteiger partial charge in [0, 0.05) is 12.6 Å². The van der Waals surface area contributed by atoms with E-state index < -0.39 is 10.7 Å². The molecular formula is C14H19FN2O3. The first-order valence-electron chi connectivity index (χ1n) is 6.87. The first kappa shape index (κ1) is 14.9. The molecule has 1 fully saturated rings. The van der Waals surface area contributed by atoms with Gasteiger partial charge in [-0.3, -0.25) is 10.1 Å². The van der Waals surface area contributed by atoms with Gasteiger partial charge in [-0.2, -0.15) is 0 Å². The lowest BCUT2D eigenvalue weighted by molar-refractivity contribution is -0.385. The van der Waals surface area contributed by atoms with Crippen molar-refractivity contribution in [3.8, 4) is 0 Å². The second-order valence-electron chi connectivity index (χ2n) is 5.39. The number of aliphatic hydroxyl groups is 1.